The van der Waals surface area contributed by atoms with Crippen molar-refractivity contribution >= 4 is 0 Å². The number of H-pyrrole nitrogens is 1. The third-order valence-corrected chi connectivity index (χ3v) is 1.45. The zero-order valence-electron chi connectivity index (χ0n) is 6.31. The second kappa shape index (κ2) is 2.77. The molecule has 0 saturated carbocycles. The minimum absolute atomic E-state index is 0.0220. The predicted molar refractivity (Wildman–Crippen MR) is 39.7 cm³/mol. The van der Waals surface area contributed by atoms with Crippen molar-refractivity contribution in [2.45, 2.75) is 0 Å². The summed E-state index contributed by atoms with van der Waals surface area (Å²) in [6.07, 6.45) is 2.36. The molecule has 0 saturated heterocycles. The molecule has 0 atom stereocenters. The molecule has 1 N–H and O–H groups in total. The van der Waals surface area contributed by atoms with Crippen molar-refractivity contribution in [1.29, 1.82) is 0 Å². The van der Waals surface area contributed by atoms with Crippen molar-refractivity contribution in [3.05, 3.63) is 34.8 Å². The molecule has 2 aromatic rings. The number of aromatic nitrogens is 5. The van der Waals surface area contributed by atoms with E-state index in [0.717, 1.165) is 10.9 Å². The fourth-order valence-corrected chi connectivity index (χ4v) is 0.895. The van der Waals surface area contributed by atoms with E-state index in [-0.39, 0.29) is 5.69 Å². The van der Waals surface area contributed by atoms with Crippen molar-refractivity contribution in [2.75, 3.05) is 0 Å². The van der Waals surface area contributed by atoms with Gasteiger partial charge in [0, 0.05) is 6.20 Å². The normalized spacial score (nSPS) is 10.2. The van der Waals surface area contributed by atoms with E-state index in [1.165, 1.54) is 12.3 Å². The highest BCUT2D eigenvalue weighted by Crippen LogP contribution is 2.05. The van der Waals surface area contributed by atoms with Gasteiger partial charge in [-0.3, -0.25) is 4.98 Å². The molecule has 0 amide bonds. The Morgan fingerprint density at radius 2 is 2.38 bits per heavy atom. The monoisotopic (exact) mass is 181 g/mol. The van der Waals surface area contributed by atoms with E-state index >= 15 is 0 Å². The van der Waals surface area contributed by atoms with Crippen LogP contribution in [0.4, 0.5) is 4.39 Å². The highest BCUT2D eigenvalue weighted by molar-refractivity contribution is 5.28. The van der Waals surface area contributed by atoms with Crippen LogP contribution < -0.4 is 5.69 Å². The SMILES string of the molecule is O=c1[nH]nnn1-c1ccncc1F. The molecule has 0 aliphatic heterocycles. The van der Waals surface area contributed by atoms with Crippen molar-refractivity contribution in [2.24, 2.45) is 0 Å². The number of pyridine rings is 1. The van der Waals surface area contributed by atoms with Gasteiger partial charge in [0.15, 0.2) is 5.82 Å². The van der Waals surface area contributed by atoms with Crippen LogP contribution in [0, 0.1) is 5.82 Å². The molecule has 7 heteroatoms. The van der Waals surface area contributed by atoms with Crippen LogP contribution in [-0.2, 0) is 0 Å². The number of tetrazole rings is 1. The molecule has 6 nitrogen and oxygen atoms in total. The maximum absolute atomic E-state index is 13.0. The predicted octanol–water partition coefficient (Wildman–Crippen LogP) is -0.510. The Hall–Kier alpha value is -2.05. The average Bonchev–Trinajstić information content (AvgIpc) is 2.52. The van der Waals surface area contributed by atoms with Gasteiger partial charge in [-0.2, -0.15) is 4.68 Å². The number of hydrogen-bond donors (Lipinski definition) is 1. The second-order valence-electron chi connectivity index (χ2n) is 2.25. The van der Waals surface area contributed by atoms with Gasteiger partial charge in [0.2, 0.25) is 0 Å². The van der Waals surface area contributed by atoms with E-state index in [1.54, 1.807) is 0 Å². The first-order valence-electron chi connectivity index (χ1n) is 3.39. The molecule has 0 radical (unpaired) electrons. The lowest BCUT2D eigenvalue weighted by Crippen LogP contribution is -2.17. The Kier molecular flexibility index (Phi) is 1.62. The van der Waals surface area contributed by atoms with Crippen LogP contribution in [-0.4, -0.2) is 25.2 Å². The topological polar surface area (TPSA) is 76.5 Å². The molecule has 2 rings (SSSR count). The summed E-state index contributed by atoms with van der Waals surface area (Å²) < 4.78 is 13.8. The maximum Gasteiger partial charge on any atom is 0.365 e. The molecular weight excluding hydrogens is 177 g/mol. The number of nitrogens with one attached hydrogen (secondary N) is 1. The molecule has 0 aromatic carbocycles. The molecule has 0 aliphatic rings. The average molecular weight is 181 g/mol. The molecule has 66 valence electrons. The van der Waals surface area contributed by atoms with Crippen LogP contribution in [0.3, 0.4) is 0 Å². The number of rotatable bonds is 1. The smallest absolute Gasteiger partial charge is 0.262 e. The van der Waals surface area contributed by atoms with Gasteiger partial charge in [-0.05, 0) is 16.5 Å². The van der Waals surface area contributed by atoms with E-state index in [4.69, 9.17) is 0 Å². The van der Waals surface area contributed by atoms with E-state index in [0.29, 0.717) is 0 Å². The Bertz CT molecular complexity index is 476. The van der Waals surface area contributed by atoms with Crippen LogP contribution in [0.15, 0.2) is 23.3 Å². The summed E-state index contributed by atoms with van der Waals surface area (Å²) in [5, 5.41) is 8.66. The Morgan fingerprint density at radius 1 is 1.54 bits per heavy atom. The molecule has 0 unspecified atom stereocenters. The summed E-state index contributed by atoms with van der Waals surface area (Å²) in [6, 6.07) is 1.33. The molecule has 2 heterocycles. The lowest BCUT2D eigenvalue weighted by molar-refractivity contribution is 0.598. The van der Waals surface area contributed by atoms with E-state index in [1.807, 2.05) is 0 Å². The largest absolute Gasteiger partial charge is 0.365 e. The van der Waals surface area contributed by atoms with Crippen molar-refractivity contribution < 1.29 is 4.39 Å². The number of halogens is 1. The lowest BCUT2D eigenvalue weighted by atomic mass is 10.4. The van der Waals surface area contributed by atoms with Gasteiger partial charge in [0.25, 0.3) is 0 Å². The third kappa shape index (κ3) is 1.19. The van der Waals surface area contributed by atoms with Crippen LogP contribution in [0.1, 0.15) is 0 Å². The van der Waals surface area contributed by atoms with Gasteiger partial charge in [0.05, 0.1) is 6.20 Å². The van der Waals surface area contributed by atoms with Crippen LogP contribution >= 0.6 is 0 Å². The number of nitrogens with zero attached hydrogens (tertiary/aromatic N) is 4. The minimum atomic E-state index is -0.626. The van der Waals surface area contributed by atoms with Crippen LogP contribution in [0.2, 0.25) is 0 Å². The maximum atomic E-state index is 13.0. The molecule has 0 fully saturated rings. The summed E-state index contributed by atoms with van der Waals surface area (Å²) in [5.41, 5.74) is -0.571. The molecule has 13 heavy (non-hydrogen) atoms. The van der Waals surface area contributed by atoms with Crippen molar-refractivity contribution in [3.63, 3.8) is 0 Å². The summed E-state index contributed by atoms with van der Waals surface area (Å²) in [4.78, 5) is 14.5. The quantitative estimate of drug-likeness (QED) is 0.642. The third-order valence-electron chi connectivity index (χ3n) is 1.45. The van der Waals surface area contributed by atoms with Gasteiger partial charge in [-0.15, -0.1) is 0 Å². The van der Waals surface area contributed by atoms with E-state index in [2.05, 4.69) is 20.5 Å². The van der Waals surface area contributed by atoms with Gasteiger partial charge in [-0.1, -0.05) is 0 Å². The first kappa shape index (κ1) is 7.59. The first-order valence-corrected chi connectivity index (χ1v) is 3.39. The minimum Gasteiger partial charge on any atom is -0.262 e. The number of aromatic amines is 1. The number of hydrogen-bond acceptors (Lipinski definition) is 4. The summed E-state index contributed by atoms with van der Waals surface area (Å²) in [5.74, 6) is -0.626. The highest BCUT2D eigenvalue weighted by atomic mass is 19.1. The van der Waals surface area contributed by atoms with Gasteiger partial charge in [-0.25, -0.2) is 14.3 Å². The Labute approximate surface area is 71.0 Å². The van der Waals surface area contributed by atoms with Crippen LogP contribution in [0.25, 0.3) is 5.69 Å². The van der Waals surface area contributed by atoms with E-state index in [9.17, 15) is 9.18 Å². The van der Waals surface area contributed by atoms with Gasteiger partial charge in [0.1, 0.15) is 5.69 Å². The fraction of sp³-hybridized carbons (Fsp3) is 0. The molecule has 0 bridgehead atoms. The van der Waals surface area contributed by atoms with Gasteiger partial charge < -0.3 is 0 Å². The summed E-state index contributed by atoms with van der Waals surface area (Å²) in [7, 11) is 0. The standard InChI is InChI=1S/C6H4FN5O/c7-4-3-8-2-1-5(4)12-6(13)9-10-11-12/h1-3H,(H,9,11,13). The van der Waals surface area contributed by atoms with Crippen molar-refractivity contribution in [1.82, 2.24) is 25.2 Å². The zero-order valence-corrected chi connectivity index (χ0v) is 6.31. The zero-order chi connectivity index (χ0) is 9.26. The molecular formula is C6H4FN5O. The second-order valence-corrected chi connectivity index (χ2v) is 2.25. The highest BCUT2D eigenvalue weighted by Gasteiger charge is 2.07. The fourth-order valence-electron chi connectivity index (χ4n) is 0.895. The lowest BCUT2D eigenvalue weighted by Gasteiger charge is -1.97. The molecule has 0 aliphatic carbocycles. The molecule has 0 spiro atoms. The summed E-state index contributed by atoms with van der Waals surface area (Å²) in [6.45, 7) is 0. The summed E-state index contributed by atoms with van der Waals surface area (Å²) >= 11 is 0. The Balaban J connectivity index is 2.66. The van der Waals surface area contributed by atoms with Gasteiger partial charge >= 0.3 is 5.69 Å². The molecule has 2 aromatic heterocycles. The van der Waals surface area contributed by atoms with E-state index < -0.39 is 11.5 Å². The first-order chi connectivity index (χ1) is 6.29. The van der Waals surface area contributed by atoms with Crippen LogP contribution in [0.5, 0.6) is 0 Å². The Morgan fingerprint density at radius 3 is 3.00 bits per heavy atom. The van der Waals surface area contributed by atoms with Crippen molar-refractivity contribution in [3.8, 4) is 5.69 Å².